The zero-order valence-corrected chi connectivity index (χ0v) is 13.3. The Hall–Kier alpha value is -2.27. The molecular weight excluding hydrogens is 323 g/mol. The monoisotopic (exact) mass is 338 g/mol. The Morgan fingerprint density at radius 2 is 1.76 bits per heavy atom. The Kier molecular flexibility index (Phi) is 3.92. The van der Waals surface area contributed by atoms with Gasteiger partial charge in [0.25, 0.3) is 0 Å². The molecule has 0 saturated carbocycles. The molecule has 21 heavy (non-hydrogen) atoms. The normalized spacial score (nSPS) is 10.3. The number of rotatable bonds is 3. The summed E-state index contributed by atoms with van der Waals surface area (Å²) in [5.74, 6) is 0. The summed E-state index contributed by atoms with van der Waals surface area (Å²) in [4.78, 5) is 0. The van der Waals surface area contributed by atoms with Crippen LogP contribution in [-0.4, -0.2) is 15.0 Å². The second-order valence-electron chi connectivity index (χ2n) is 4.82. The van der Waals surface area contributed by atoms with Gasteiger partial charge in [-0.1, -0.05) is 0 Å². The summed E-state index contributed by atoms with van der Waals surface area (Å²) in [6, 6.07) is 21.1. The number of aryl methyl sites for hydroxylation is 1. The second-order valence-corrected chi connectivity index (χ2v) is 7.09. The van der Waals surface area contributed by atoms with Crippen molar-refractivity contribution in [1.82, 2.24) is 0 Å². The summed E-state index contributed by atoms with van der Waals surface area (Å²) < 4.78 is 2.55. The van der Waals surface area contributed by atoms with Crippen molar-refractivity contribution in [2.75, 3.05) is 5.32 Å². The Morgan fingerprint density at radius 3 is 2.62 bits per heavy atom. The summed E-state index contributed by atoms with van der Waals surface area (Å²) in [6.45, 7) is 2.08. The first-order valence-corrected chi connectivity index (χ1v) is 8.40. The van der Waals surface area contributed by atoms with E-state index in [1.807, 2.05) is 18.3 Å². The van der Waals surface area contributed by atoms with E-state index in [1.165, 1.54) is 25.3 Å². The van der Waals surface area contributed by atoms with Gasteiger partial charge in [-0.05, 0) is 0 Å². The van der Waals surface area contributed by atoms with E-state index in [0.717, 1.165) is 5.69 Å². The maximum absolute atomic E-state index is 8.90. The van der Waals surface area contributed by atoms with Gasteiger partial charge in [-0.2, -0.15) is 0 Å². The van der Waals surface area contributed by atoms with E-state index in [4.69, 9.17) is 5.26 Å². The Balaban J connectivity index is 2.07. The van der Waals surface area contributed by atoms with Crippen molar-refractivity contribution in [2.24, 2.45) is 0 Å². The Bertz CT molecular complexity index is 829. The van der Waals surface area contributed by atoms with Crippen molar-refractivity contribution in [3.63, 3.8) is 0 Å². The molecule has 0 heterocycles. The van der Waals surface area contributed by atoms with Gasteiger partial charge in [-0.3, -0.25) is 0 Å². The number of nitrogens with zero attached hydrogens (tertiary/aromatic N) is 1. The van der Waals surface area contributed by atoms with Gasteiger partial charge in [0.15, 0.2) is 0 Å². The molecule has 0 radical (unpaired) electrons. The van der Waals surface area contributed by atoms with Crippen molar-refractivity contribution in [3.05, 3.63) is 66.2 Å². The third-order valence-corrected chi connectivity index (χ3v) is 5.68. The first-order valence-electron chi connectivity index (χ1n) is 6.69. The van der Waals surface area contributed by atoms with Gasteiger partial charge >= 0.3 is 130 Å². The fourth-order valence-corrected chi connectivity index (χ4v) is 4.70. The van der Waals surface area contributed by atoms with Crippen molar-refractivity contribution in [2.45, 2.75) is 6.92 Å². The molecule has 0 aliphatic carbocycles. The molecule has 3 aromatic carbocycles. The molecular formula is C18H14N2Se. The summed E-state index contributed by atoms with van der Waals surface area (Å²) >= 11 is 0.159. The number of hydrogen-bond donors (Lipinski definition) is 1. The van der Waals surface area contributed by atoms with Crippen LogP contribution in [0.4, 0.5) is 5.69 Å². The fraction of sp³-hybridized carbons (Fsp3) is 0.0556. The molecule has 0 aromatic heterocycles. The molecule has 0 atom stereocenters. The molecule has 0 bridgehead atoms. The molecule has 1 N–H and O–H groups in total. The molecule has 0 aliphatic heterocycles. The zero-order valence-electron chi connectivity index (χ0n) is 11.6. The minimum atomic E-state index is 0.159. The van der Waals surface area contributed by atoms with Crippen LogP contribution < -0.4 is 14.2 Å². The van der Waals surface area contributed by atoms with Gasteiger partial charge in [0.05, 0.1) is 0 Å². The number of anilines is 1. The van der Waals surface area contributed by atoms with E-state index in [2.05, 4.69) is 60.8 Å². The topological polar surface area (TPSA) is 35.8 Å². The average Bonchev–Trinajstić information content (AvgIpc) is 2.50. The van der Waals surface area contributed by atoms with E-state index in [0.29, 0.717) is 0 Å². The predicted octanol–water partition coefficient (Wildman–Crippen LogP) is 2.70. The van der Waals surface area contributed by atoms with Crippen LogP contribution in [0.15, 0.2) is 60.7 Å². The predicted molar refractivity (Wildman–Crippen MR) is 89.4 cm³/mol. The molecule has 0 saturated heterocycles. The number of hydrogen-bond acceptors (Lipinski definition) is 2. The van der Waals surface area contributed by atoms with Crippen molar-refractivity contribution in [3.8, 4) is 6.19 Å². The molecule has 0 unspecified atom stereocenters. The van der Waals surface area contributed by atoms with Crippen LogP contribution >= 0.6 is 0 Å². The number of nitrogens with one attached hydrogen (secondary N) is 1. The second kappa shape index (κ2) is 6.01. The molecule has 0 aliphatic rings. The van der Waals surface area contributed by atoms with Gasteiger partial charge in [0.2, 0.25) is 0 Å². The van der Waals surface area contributed by atoms with Crippen LogP contribution in [0.1, 0.15) is 5.56 Å². The summed E-state index contributed by atoms with van der Waals surface area (Å²) in [5, 5.41) is 14.2. The molecule has 0 amide bonds. The van der Waals surface area contributed by atoms with E-state index in [-0.39, 0.29) is 15.0 Å². The van der Waals surface area contributed by atoms with Gasteiger partial charge in [-0.15, -0.1) is 0 Å². The Morgan fingerprint density at radius 1 is 0.952 bits per heavy atom. The third kappa shape index (κ3) is 2.92. The van der Waals surface area contributed by atoms with Crippen LogP contribution in [0.5, 0.6) is 0 Å². The first-order chi connectivity index (χ1) is 10.3. The van der Waals surface area contributed by atoms with Gasteiger partial charge < -0.3 is 0 Å². The molecule has 102 valence electrons. The summed E-state index contributed by atoms with van der Waals surface area (Å²) in [5.41, 5.74) is 2.13. The van der Waals surface area contributed by atoms with Crippen LogP contribution in [0.2, 0.25) is 0 Å². The SMILES string of the molecule is Cc1ccc(NC#N)c([Se]c2cccc3ccccc23)c1. The summed E-state index contributed by atoms with van der Waals surface area (Å²) in [6.07, 6.45) is 2.03. The minimum absolute atomic E-state index is 0.159. The quantitative estimate of drug-likeness (QED) is 0.453. The Labute approximate surface area is 130 Å². The molecule has 0 fully saturated rings. The van der Waals surface area contributed by atoms with Gasteiger partial charge in [0.1, 0.15) is 0 Å². The van der Waals surface area contributed by atoms with Gasteiger partial charge in [-0.25, -0.2) is 0 Å². The van der Waals surface area contributed by atoms with Crippen molar-refractivity contribution < 1.29 is 0 Å². The van der Waals surface area contributed by atoms with E-state index in [1.54, 1.807) is 0 Å². The fourth-order valence-electron chi connectivity index (χ4n) is 2.28. The van der Waals surface area contributed by atoms with E-state index < -0.39 is 0 Å². The van der Waals surface area contributed by atoms with E-state index in [9.17, 15) is 0 Å². The van der Waals surface area contributed by atoms with Crippen LogP contribution in [-0.2, 0) is 0 Å². The average molecular weight is 337 g/mol. The maximum atomic E-state index is 8.90. The molecule has 0 spiro atoms. The number of nitriles is 1. The van der Waals surface area contributed by atoms with Crippen LogP contribution in [0, 0.1) is 18.4 Å². The first kappa shape index (κ1) is 13.7. The number of fused-ring (bicyclic) bond motifs is 1. The molecule has 3 rings (SSSR count). The standard InChI is InChI=1S/C18H14N2Se/c1-13-9-10-16(20-12-19)18(11-13)21-17-8-4-6-14-5-2-3-7-15(14)17/h2-11,20H,1H3. The van der Waals surface area contributed by atoms with Crippen molar-refractivity contribution >= 4 is 40.3 Å². The number of benzene rings is 3. The molecule has 3 heteroatoms. The summed E-state index contributed by atoms with van der Waals surface area (Å²) in [7, 11) is 0. The zero-order chi connectivity index (χ0) is 14.7. The van der Waals surface area contributed by atoms with Crippen LogP contribution in [0.3, 0.4) is 0 Å². The molecule has 2 nitrogen and oxygen atoms in total. The third-order valence-electron chi connectivity index (χ3n) is 3.30. The van der Waals surface area contributed by atoms with E-state index >= 15 is 0 Å². The van der Waals surface area contributed by atoms with Gasteiger partial charge in [0, 0.05) is 0 Å². The van der Waals surface area contributed by atoms with Crippen molar-refractivity contribution in [1.29, 1.82) is 5.26 Å². The molecule has 3 aromatic rings. The van der Waals surface area contributed by atoms with Crippen LogP contribution in [0.25, 0.3) is 10.8 Å².